The fourth-order valence-electron chi connectivity index (χ4n) is 5.72. The molecule has 10 heteroatoms. The average molecular weight is 519 g/mol. The molecule has 2 amide bonds. The number of nitrogens with one attached hydrogen (secondary N) is 2. The molecule has 2 heterocycles. The second kappa shape index (κ2) is 15.1. The highest BCUT2D eigenvalue weighted by Crippen LogP contribution is 2.31. The quantitative estimate of drug-likeness (QED) is 0.288. The van der Waals surface area contributed by atoms with Crippen molar-refractivity contribution >= 4 is 18.0 Å². The Bertz CT molecular complexity index is 793. The molecule has 0 spiro atoms. The number of nitriles is 1. The van der Waals surface area contributed by atoms with Crippen molar-refractivity contribution in [1.82, 2.24) is 20.4 Å². The molecule has 3 rings (SSSR count). The van der Waals surface area contributed by atoms with E-state index in [-0.39, 0.29) is 12.5 Å². The predicted octanol–water partition coefficient (Wildman–Crippen LogP) is 3.03. The number of nitrogens with zero attached hydrogens (tertiary/aromatic N) is 4. The molecule has 0 radical (unpaired) electrons. The zero-order valence-corrected chi connectivity index (χ0v) is 22.8. The van der Waals surface area contributed by atoms with Crippen LogP contribution in [0.1, 0.15) is 78.1 Å². The molecular weight excluding hydrogens is 472 g/mol. The summed E-state index contributed by atoms with van der Waals surface area (Å²) in [7, 11) is 0. The Hall–Kier alpha value is -2.38. The summed E-state index contributed by atoms with van der Waals surface area (Å²) in [5.74, 6) is 0.649. The first-order valence-electron chi connectivity index (χ1n) is 14.3. The summed E-state index contributed by atoms with van der Waals surface area (Å²) in [5, 5.41) is 16.4. The third kappa shape index (κ3) is 8.30. The van der Waals surface area contributed by atoms with E-state index in [2.05, 4.69) is 16.7 Å². The Morgan fingerprint density at radius 1 is 1.19 bits per heavy atom. The van der Waals surface area contributed by atoms with Crippen LogP contribution in [0.2, 0.25) is 0 Å². The lowest BCUT2D eigenvalue weighted by atomic mass is 9.86. The predicted molar refractivity (Wildman–Crippen MR) is 142 cm³/mol. The standard InChI is InChI=1S/C27H46N6O4/c1-3-15-33(27(21-28)11-13-29-14-12-27)24(34)23(20-22-9-7-5-6-8-10-22)30-25(31-26(35)37-4-2)32-16-18-36-19-17-32/h22-23,29H,3-20H2,1-2H3,(H,30,31,35). The van der Waals surface area contributed by atoms with Crippen LogP contribution in [0, 0.1) is 17.2 Å². The van der Waals surface area contributed by atoms with Gasteiger partial charge in [-0.25, -0.2) is 9.79 Å². The highest BCUT2D eigenvalue weighted by molar-refractivity contribution is 5.96. The molecule has 1 aliphatic carbocycles. The third-order valence-corrected chi connectivity index (χ3v) is 7.76. The van der Waals surface area contributed by atoms with Crippen molar-refractivity contribution in [3.63, 3.8) is 0 Å². The van der Waals surface area contributed by atoms with Crippen LogP contribution in [0.3, 0.4) is 0 Å². The minimum atomic E-state index is -0.830. The average Bonchev–Trinajstić information content (AvgIpc) is 3.20. The molecule has 2 N–H and O–H groups in total. The van der Waals surface area contributed by atoms with Gasteiger partial charge in [0.15, 0.2) is 0 Å². The van der Waals surface area contributed by atoms with Gasteiger partial charge in [-0.15, -0.1) is 0 Å². The van der Waals surface area contributed by atoms with Crippen LogP contribution in [0.4, 0.5) is 4.79 Å². The van der Waals surface area contributed by atoms with Gasteiger partial charge in [0, 0.05) is 19.6 Å². The summed E-state index contributed by atoms with van der Waals surface area (Å²) in [6, 6.07) is 1.85. The maximum atomic E-state index is 14.3. The van der Waals surface area contributed by atoms with E-state index in [1.807, 2.05) is 11.8 Å². The molecule has 208 valence electrons. The van der Waals surface area contributed by atoms with E-state index in [4.69, 9.17) is 14.5 Å². The minimum Gasteiger partial charge on any atom is -0.450 e. The molecule has 0 aromatic heterocycles. The summed E-state index contributed by atoms with van der Waals surface area (Å²) >= 11 is 0. The number of ether oxygens (including phenoxy) is 2. The van der Waals surface area contributed by atoms with Crippen LogP contribution in [-0.4, -0.2) is 91.9 Å². The van der Waals surface area contributed by atoms with E-state index in [1.165, 1.54) is 25.7 Å². The molecule has 0 aromatic rings. The zero-order valence-electron chi connectivity index (χ0n) is 22.8. The molecule has 1 saturated carbocycles. The molecule has 0 aromatic carbocycles. The van der Waals surface area contributed by atoms with Gasteiger partial charge in [0.1, 0.15) is 11.6 Å². The summed E-state index contributed by atoms with van der Waals surface area (Å²) < 4.78 is 10.7. The van der Waals surface area contributed by atoms with Gasteiger partial charge in [0.25, 0.3) is 0 Å². The van der Waals surface area contributed by atoms with Crippen molar-refractivity contribution in [1.29, 1.82) is 5.26 Å². The normalized spacial score (nSPS) is 21.9. The van der Waals surface area contributed by atoms with Crippen LogP contribution in [-0.2, 0) is 14.3 Å². The number of rotatable bonds is 8. The van der Waals surface area contributed by atoms with Gasteiger partial charge in [0.2, 0.25) is 11.9 Å². The minimum absolute atomic E-state index is 0.106. The van der Waals surface area contributed by atoms with Gasteiger partial charge in [-0.1, -0.05) is 45.4 Å². The number of amides is 2. The number of piperidine rings is 1. The number of hydrogen-bond donors (Lipinski definition) is 2. The molecule has 3 fully saturated rings. The van der Waals surface area contributed by atoms with Gasteiger partial charge < -0.3 is 24.6 Å². The van der Waals surface area contributed by atoms with Crippen molar-refractivity contribution in [2.45, 2.75) is 89.6 Å². The zero-order chi connectivity index (χ0) is 26.5. The maximum Gasteiger partial charge on any atom is 0.413 e. The molecule has 37 heavy (non-hydrogen) atoms. The third-order valence-electron chi connectivity index (χ3n) is 7.76. The highest BCUT2D eigenvalue weighted by Gasteiger charge is 2.43. The molecule has 1 atom stereocenters. The van der Waals surface area contributed by atoms with E-state index < -0.39 is 17.7 Å². The van der Waals surface area contributed by atoms with Crippen LogP contribution in [0.5, 0.6) is 0 Å². The number of carbonyl (C=O) groups excluding carboxylic acids is 2. The van der Waals surface area contributed by atoms with Crippen molar-refractivity contribution in [2.75, 3.05) is 52.5 Å². The van der Waals surface area contributed by atoms with E-state index in [9.17, 15) is 14.9 Å². The Morgan fingerprint density at radius 2 is 1.86 bits per heavy atom. The van der Waals surface area contributed by atoms with E-state index in [1.54, 1.807) is 11.8 Å². The van der Waals surface area contributed by atoms with Gasteiger partial charge >= 0.3 is 6.09 Å². The molecular formula is C27H46N6O4. The van der Waals surface area contributed by atoms with Gasteiger partial charge in [-0.05, 0) is 51.6 Å². The summed E-state index contributed by atoms with van der Waals surface area (Å²) in [6.45, 7) is 8.17. The molecule has 2 saturated heterocycles. The Balaban J connectivity index is 1.97. The number of alkyl carbamates (subject to hydrolysis) is 1. The van der Waals surface area contributed by atoms with E-state index in [0.29, 0.717) is 77.1 Å². The summed E-state index contributed by atoms with van der Waals surface area (Å²) in [5.41, 5.74) is -0.830. The lowest BCUT2D eigenvalue weighted by Gasteiger charge is -2.43. The first-order chi connectivity index (χ1) is 18.0. The summed E-state index contributed by atoms with van der Waals surface area (Å²) in [4.78, 5) is 35.5. The SMILES string of the molecule is CCCN(C(=O)C(CC1CCCCCC1)N=C(NC(=O)OCC)N1CCOCC1)C1(C#N)CCNCC1. The largest absolute Gasteiger partial charge is 0.450 e. The van der Waals surface area contributed by atoms with Crippen LogP contribution < -0.4 is 10.6 Å². The molecule has 3 aliphatic rings. The topological polar surface area (TPSA) is 119 Å². The fraction of sp³-hybridized carbons (Fsp3) is 0.852. The second-order valence-electron chi connectivity index (χ2n) is 10.4. The smallest absolute Gasteiger partial charge is 0.413 e. The Kier molecular flexibility index (Phi) is 11.9. The summed E-state index contributed by atoms with van der Waals surface area (Å²) in [6.07, 6.45) is 8.97. The lowest BCUT2D eigenvalue weighted by molar-refractivity contribution is -0.138. The number of hydrogen-bond acceptors (Lipinski definition) is 7. The van der Waals surface area contributed by atoms with E-state index in [0.717, 1.165) is 19.3 Å². The highest BCUT2D eigenvalue weighted by atomic mass is 16.5. The number of aliphatic imine (C=N–C) groups is 1. The monoisotopic (exact) mass is 518 g/mol. The first kappa shape index (κ1) is 29.2. The van der Waals surface area contributed by atoms with Crippen molar-refractivity contribution in [2.24, 2.45) is 10.9 Å². The first-order valence-corrected chi connectivity index (χ1v) is 14.3. The second-order valence-corrected chi connectivity index (χ2v) is 10.4. The van der Waals surface area contributed by atoms with Gasteiger partial charge in [-0.3, -0.25) is 10.1 Å². The molecule has 1 unspecified atom stereocenters. The molecule has 2 aliphatic heterocycles. The Morgan fingerprint density at radius 3 is 2.46 bits per heavy atom. The van der Waals surface area contributed by atoms with Crippen molar-refractivity contribution in [3.05, 3.63) is 0 Å². The molecule has 10 nitrogen and oxygen atoms in total. The van der Waals surface area contributed by atoms with Crippen molar-refractivity contribution in [3.8, 4) is 6.07 Å². The Labute approximate surface area is 222 Å². The number of morpholine rings is 1. The fourth-order valence-corrected chi connectivity index (χ4v) is 5.72. The van der Waals surface area contributed by atoms with Gasteiger partial charge in [-0.2, -0.15) is 5.26 Å². The van der Waals surface area contributed by atoms with Crippen LogP contribution in [0.15, 0.2) is 4.99 Å². The van der Waals surface area contributed by atoms with Crippen molar-refractivity contribution < 1.29 is 19.1 Å². The molecule has 0 bridgehead atoms. The van der Waals surface area contributed by atoms with Crippen LogP contribution >= 0.6 is 0 Å². The van der Waals surface area contributed by atoms with E-state index >= 15 is 0 Å². The lowest BCUT2D eigenvalue weighted by Crippen LogP contribution is -2.59. The maximum absolute atomic E-state index is 14.3. The number of carbonyl (C=O) groups is 2. The van der Waals surface area contributed by atoms with Crippen LogP contribution in [0.25, 0.3) is 0 Å². The number of guanidine groups is 1. The van der Waals surface area contributed by atoms with Gasteiger partial charge in [0.05, 0.1) is 25.9 Å².